The van der Waals surface area contributed by atoms with Crippen LogP contribution < -0.4 is 4.74 Å². The highest BCUT2D eigenvalue weighted by atomic mass is 35.5. The fraction of sp³-hybridized carbons (Fsp3) is 0.222. The zero-order valence-corrected chi connectivity index (χ0v) is 16.7. The van der Waals surface area contributed by atoms with Gasteiger partial charge < -0.3 is 4.74 Å². The summed E-state index contributed by atoms with van der Waals surface area (Å²) < 4.78 is 7.66. The van der Waals surface area contributed by atoms with Crippen LogP contribution in [-0.2, 0) is 13.2 Å². The number of ether oxygens (including phenoxy) is 1. The lowest BCUT2D eigenvalue weighted by Crippen LogP contribution is -2.22. The van der Waals surface area contributed by atoms with Crippen LogP contribution in [0.4, 0.5) is 0 Å². The summed E-state index contributed by atoms with van der Waals surface area (Å²) in [5.74, 6) is 1.30. The first-order valence-electron chi connectivity index (χ1n) is 7.90. The van der Waals surface area contributed by atoms with Gasteiger partial charge in [-0.15, -0.1) is 0 Å². The third-order valence-electron chi connectivity index (χ3n) is 3.84. The van der Waals surface area contributed by atoms with Crippen molar-refractivity contribution >= 4 is 35.4 Å². The SMILES string of the molecule is COc1ccc(Cl)cc1-c1nc(=S)n(CN(C)Cc2ccc(Cl)cc2)[nH]1. The molecule has 2 aromatic carbocycles. The minimum Gasteiger partial charge on any atom is -0.496 e. The topological polar surface area (TPSA) is 46.1 Å². The molecule has 5 nitrogen and oxygen atoms in total. The number of aromatic nitrogens is 3. The van der Waals surface area contributed by atoms with E-state index in [9.17, 15) is 0 Å². The molecule has 3 rings (SSSR count). The molecule has 0 bridgehead atoms. The van der Waals surface area contributed by atoms with Crippen LogP contribution in [0.5, 0.6) is 5.75 Å². The van der Waals surface area contributed by atoms with E-state index in [0.717, 1.165) is 17.1 Å². The Hall–Kier alpha value is -1.86. The van der Waals surface area contributed by atoms with Gasteiger partial charge in [-0.3, -0.25) is 10.00 Å². The molecule has 0 aliphatic heterocycles. The number of nitrogens with one attached hydrogen (secondary N) is 1. The van der Waals surface area contributed by atoms with Crippen LogP contribution in [0.15, 0.2) is 42.5 Å². The van der Waals surface area contributed by atoms with E-state index in [0.29, 0.717) is 28.0 Å². The average molecular weight is 409 g/mol. The molecule has 0 unspecified atom stereocenters. The second-order valence-electron chi connectivity index (χ2n) is 5.91. The summed E-state index contributed by atoms with van der Waals surface area (Å²) in [5, 5.41) is 4.56. The Kier molecular flexibility index (Phi) is 5.98. The normalized spacial score (nSPS) is 11.1. The molecule has 0 fully saturated rings. The Morgan fingerprint density at radius 1 is 1.15 bits per heavy atom. The van der Waals surface area contributed by atoms with Crippen molar-refractivity contribution in [1.29, 1.82) is 0 Å². The second-order valence-corrected chi connectivity index (χ2v) is 7.15. The van der Waals surface area contributed by atoms with Crippen LogP contribution in [0.1, 0.15) is 5.56 Å². The first-order valence-corrected chi connectivity index (χ1v) is 9.06. The summed E-state index contributed by atoms with van der Waals surface area (Å²) in [6.45, 7) is 1.32. The lowest BCUT2D eigenvalue weighted by molar-refractivity contribution is 0.244. The Balaban J connectivity index is 1.79. The quantitative estimate of drug-likeness (QED) is 0.582. The summed E-state index contributed by atoms with van der Waals surface area (Å²) >= 11 is 17.4. The molecule has 26 heavy (non-hydrogen) atoms. The van der Waals surface area contributed by atoms with Crippen molar-refractivity contribution in [3.8, 4) is 17.1 Å². The summed E-state index contributed by atoms with van der Waals surface area (Å²) in [6, 6.07) is 13.2. The predicted octanol–water partition coefficient (Wildman–Crippen LogP) is 5.01. The molecule has 0 aliphatic rings. The largest absolute Gasteiger partial charge is 0.496 e. The molecular formula is C18H18Cl2N4OS. The minimum absolute atomic E-state index is 0.463. The lowest BCUT2D eigenvalue weighted by Gasteiger charge is -2.17. The summed E-state index contributed by atoms with van der Waals surface area (Å²) in [4.78, 5) is 6.56. The van der Waals surface area contributed by atoms with Gasteiger partial charge in [-0.05, 0) is 55.2 Å². The third-order valence-corrected chi connectivity index (χ3v) is 4.64. The third kappa shape index (κ3) is 4.45. The zero-order valence-electron chi connectivity index (χ0n) is 14.4. The molecule has 0 atom stereocenters. The van der Waals surface area contributed by atoms with Crippen LogP contribution in [0.25, 0.3) is 11.4 Å². The number of methoxy groups -OCH3 is 1. The van der Waals surface area contributed by atoms with Gasteiger partial charge in [0, 0.05) is 16.6 Å². The number of aromatic amines is 1. The highest BCUT2D eigenvalue weighted by molar-refractivity contribution is 7.71. The molecular weight excluding hydrogens is 391 g/mol. The molecule has 1 heterocycles. The van der Waals surface area contributed by atoms with Gasteiger partial charge in [-0.25, -0.2) is 4.68 Å². The van der Waals surface area contributed by atoms with E-state index in [-0.39, 0.29) is 0 Å². The number of hydrogen-bond acceptors (Lipinski definition) is 4. The molecule has 0 saturated carbocycles. The number of rotatable bonds is 6. The molecule has 3 aromatic rings. The van der Waals surface area contributed by atoms with Gasteiger partial charge in [-0.1, -0.05) is 35.3 Å². The summed E-state index contributed by atoms with van der Waals surface area (Å²) in [6.07, 6.45) is 0. The first-order chi connectivity index (χ1) is 12.5. The zero-order chi connectivity index (χ0) is 18.7. The van der Waals surface area contributed by atoms with Gasteiger partial charge in [0.2, 0.25) is 4.77 Å². The van der Waals surface area contributed by atoms with Gasteiger partial charge in [0.1, 0.15) is 5.75 Å². The van der Waals surface area contributed by atoms with Gasteiger partial charge >= 0.3 is 0 Å². The van der Waals surface area contributed by atoms with Crippen molar-refractivity contribution < 1.29 is 4.74 Å². The van der Waals surface area contributed by atoms with Crippen molar-refractivity contribution in [3.05, 3.63) is 62.8 Å². The molecule has 0 aliphatic carbocycles. The Morgan fingerprint density at radius 2 is 1.85 bits per heavy atom. The fourth-order valence-corrected chi connectivity index (χ4v) is 3.12. The second kappa shape index (κ2) is 8.22. The Morgan fingerprint density at radius 3 is 2.54 bits per heavy atom. The Labute approximate surface area is 167 Å². The summed E-state index contributed by atoms with van der Waals surface area (Å²) in [5.41, 5.74) is 1.94. The van der Waals surface area contributed by atoms with Crippen molar-refractivity contribution in [2.24, 2.45) is 0 Å². The highest BCUT2D eigenvalue weighted by Crippen LogP contribution is 2.30. The maximum Gasteiger partial charge on any atom is 0.217 e. The van der Waals surface area contributed by atoms with Crippen molar-refractivity contribution in [1.82, 2.24) is 19.7 Å². The molecule has 0 spiro atoms. The molecule has 0 saturated heterocycles. The average Bonchev–Trinajstić information content (AvgIpc) is 2.97. The lowest BCUT2D eigenvalue weighted by atomic mass is 10.2. The van der Waals surface area contributed by atoms with E-state index in [2.05, 4.69) is 15.0 Å². The van der Waals surface area contributed by atoms with Crippen LogP contribution in [-0.4, -0.2) is 33.8 Å². The maximum atomic E-state index is 6.11. The smallest absolute Gasteiger partial charge is 0.217 e. The molecule has 0 radical (unpaired) electrons. The first kappa shape index (κ1) is 18.9. The monoisotopic (exact) mass is 408 g/mol. The van der Waals surface area contributed by atoms with Crippen LogP contribution in [0.3, 0.4) is 0 Å². The van der Waals surface area contributed by atoms with E-state index in [1.165, 1.54) is 5.56 Å². The number of H-pyrrole nitrogens is 1. The number of benzene rings is 2. The number of hydrogen-bond donors (Lipinski definition) is 1. The van der Waals surface area contributed by atoms with Gasteiger partial charge in [0.15, 0.2) is 5.82 Å². The van der Waals surface area contributed by atoms with Crippen LogP contribution >= 0.6 is 35.4 Å². The predicted molar refractivity (Wildman–Crippen MR) is 107 cm³/mol. The fourth-order valence-electron chi connectivity index (χ4n) is 2.63. The van der Waals surface area contributed by atoms with E-state index in [1.54, 1.807) is 30.0 Å². The summed E-state index contributed by atoms with van der Waals surface area (Å²) in [7, 11) is 3.62. The van der Waals surface area contributed by atoms with E-state index >= 15 is 0 Å². The van der Waals surface area contributed by atoms with Crippen LogP contribution in [0.2, 0.25) is 10.0 Å². The molecule has 0 amide bonds. The van der Waals surface area contributed by atoms with Crippen molar-refractivity contribution in [3.63, 3.8) is 0 Å². The van der Waals surface area contributed by atoms with E-state index < -0.39 is 0 Å². The van der Waals surface area contributed by atoms with Crippen molar-refractivity contribution in [2.45, 2.75) is 13.2 Å². The van der Waals surface area contributed by atoms with Crippen LogP contribution in [0, 0.1) is 4.77 Å². The molecule has 1 N–H and O–H groups in total. The van der Waals surface area contributed by atoms with Gasteiger partial charge in [-0.2, -0.15) is 4.98 Å². The standard InChI is InChI=1S/C18H18Cl2N4OS/c1-23(10-12-3-5-13(19)6-4-12)11-24-18(26)21-17(22-24)15-9-14(20)7-8-16(15)25-2/h3-9H,10-11H2,1-2H3,(H,21,22,26). The minimum atomic E-state index is 0.463. The maximum absolute atomic E-state index is 6.11. The molecule has 136 valence electrons. The molecule has 8 heteroatoms. The number of halogens is 2. The Bertz CT molecular complexity index is 953. The van der Waals surface area contributed by atoms with Gasteiger partial charge in [0.05, 0.1) is 19.3 Å². The van der Waals surface area contributed by atoms with E-state index in [1.807, 2.05) is 31.3 Å². The van der Waals surface area contributed by atoms with Crippen molar-refractivity contribution in [2.75, 3.05) is 14.2 Å². The number of nitrogens with zero attached hydrogens (tertiary/aromatic N) is 3. The highest BCUT2D eigenvalue weighted by Gasteiger charge is 2.12. The van der Waals surface area contributed by atoms with Gasteiger partial charge in [0.25, 0.3) is 0 Å². The molecule has 1 aromatic heterocycles. The van der Waals surface area contributed by atoms with E-state index in [4.69, 9.17) is 40.2 Å².